The zero-order chi connectivity index (χ0) is 18.2. The molecule has 0 radical (unpaired) electrons. The lowest BCUT2D eigenvalue weighted by Gasteiger charge is -2.08. The van der Waals surface area contributed by atoms with Crippen molar-refractivity contribution in [2.24, 2.45) is 5.92 Å². The second kappa shape index (κ2) is 8.78. The number of rotatable bonds is 6. The van der Waals surface area contributed by atoms with E-state index in [0.717, 1.165) is 11.3 Å². The fourth-order valence-electron chi connectivity index (χ4n) is 2.02. The van der Waals surface area contributed by atoms with Crippen LogP contribution in [0.1, 0.15) is 25.0 Å². The third-order valence-electron chi connectivity index (χ3n) is 3.49. The Labute approximate surface area is 146 Å². The predicted molar refractivity (Wildman–Crippen MR) is 97.2 cm³/mol. The number of anilines is 1. The summed E-state index contributed by atoms with van der Waals surface area (Å²) in [5.41, 5.74) is 2.26. The van der Waals surface area contributed by atoms with E-state index < -0.39 is 0 Å². The quantitative estimate of drug-likeness (QED) is 0.787. The molecule has 5 heteroatoms. The lowest BCUT2D eigenvalue weighted by molar-refractivity contribution is -0.119. The number of carbonyl (C=O) groups is 2. The van der Waals surface area contributed by atoms with Crippen molar-refractivity contribution in [1.82, 2.24) is 5.32 Å². The lowest BCUT2D eigenvalue weighted by Crippen LogP contribution is -2.20. The van der Waals surface area contributed by atoms with Crippen LogP contribution < -0.4 is 10.6 Å². The molecule has 0 bridgehead atoms. The molecule has 2 aromatic rings. The molecule has 0 fully saturated rings. The van der Waals surface area contributed by atoms with Gasteiger partial charge in [-0.3, -0.25) is 9.59 Å². The number of hydrogen-bond donors (Lipinski definition) is 2. The third-order valence-corrected chi connectivity index (χ3v) is 3.49. The molecule has 0 aliphatic heterocycles. The first-order chi connectivity index (χ1) is 11.9. The lowest BCUT2D eigenvalue weighted by atomic mass is 10.1. The summed E-state index contributed by atoms with van der Waals surface area (Å²) in [5.74, 6) is -0.721. The van der Waals surface area contributed by atoms with Crippen molar-refractivity contribution in [2.45, 2.75) is 20.4 Å². The van der Waals surface area contributed by atoms with Gasteiger partial charge in [0, 0.05) is 24.2 Å². The van der Waals surface area contributed by atoms with E-state index in [1.54, 1.807) is 30.3 Å². The Morgan fingerprint density at radius 3 is 2.48 bits per heavy atom. The molecule has 0 aliphatic rings. The van der Waals surface area contributed by atoms with Crippen LogP contribution in [0.3, 0.4) is 0 Å². The zero-order valence-electron chi connectivity index (χ0n) is 14.3. The minimum Gasteiger partial charge on any atom is -0.348 e. The maximum absolute atomic E-state index is 13.1. The van der Waals surface area contributed by atoms with Gasteiger partial charge in [0.05, 0.1) is 0 Å². The first-order valence-corrected chi connectivity index (χ1v) is 8.05. The fourth-order valence-corrected chi connectivity index (χ4v) is 2.02. The van der Waals surface area contributed by atoms with Crippen LogP contribution in [0, 0.1) is 11.7 Å². The summed E-state index contributed by atoms with van der Waals surface area (Å²) < 4.78 is 13.1. The van der Waals surface area contributed by atoms with Crippen molar-refractivity contribution in [3.8, 4) is 0 Å². The van der Waals surface area contributed by atoms with Crippen molar-refractivity contribution >= 4 is 23.6 Å². The van der Waals surface area contributed by atoms with E-state index in [9.17, 15) is 14.0 Å². The largest absolute Gasteiger partial charge is 0.348 e. The maximum Gasteiger partial charge on any atom is 0.244 e. The Hall–Kier alpha value is -2.95. The van der Waals surface area contributed by atoms with E-state index in [2.05, 4.69) is 10.6 Å². The molecule has 0 heterocycles. The molecule has 0 aromatic heterocycles. The molecule has 2 amide bonds. The van der Waals surface area contributed by atoms with Gasteiger partial charge in [0.1, 0.15) is 5.82 Å². The standard InChI is InChI=1S/C20H21FN2O2/c1-14(2)20(25)23-18-9-6-16(7-10-18)13-22-19(24)11-8-15-4-3-5-17(21)12-15/h3-12,14H,13H2,1-2H3,(H,22,24)(H,23,25)/b11-8+. The van der Waals surface area contributed by atoms with Crippen molar-refractivity contribution in [2.75, 3.05) is 5.32 Å². The van der Waals surface area contributed by atoms with Crippen LogP contribution in [0.5, 0.6) is 0 Å². The first kappa shape index (κ1) is 18.4. The predicted octanol–water partition coefficient (Wildman–Crippen LogP) is 3.75. The maximum atomic E-state index is 13.1. The normalized spacial score (nSPS) is 10.9. The van der Waals surface area contributed by atoms with Crippen LogP contribution in [0.15, 0.2) is 54.6 Å². The van der Waals surface area contributed by atoms with E-state index in [4.69, 9.17) is 0 Å². The molecule has 2 rings (SSSR count). The molecule has 0 saturated carbocycles. The summed E-state index contributed by atoms with van der Waals surface area (Å²) in [6.07, 6.45) is 2.93. The number of nitrogens with one attached hydrogen (secondary N) is 2. The molecule has 0 spiro atoms. The van der Waals surface area contributed by atoms with Crippen LogP contribution in [0.25, 0.3) is 6.08 Å². The number of amides is 2. The van der Waals surface area contributed by atoms with E-state index in [1.807, 2.05) is 26.0 Å². The van der Waals surface area contributed by atoms with Crippen molar-refractivity contribution < 1.29 is 14.0 Å². The Morgan fingerprint density at radius 1 is 1.12 bits per heavy atom. The van der Waals surface area contributed by atoms with Crippen LogP contribution in [0.2, 0.25) is 0 Å². The van der Waals surface area contributed by atoms with Gasteiger partial charge >= 0.3 is 0 Å². The van der Waals surface area contributed by atoms with Gasteiger partial charge < -0.3 is 10.6 Å². The summed E-state index contributed by atoms with van der Waals surface area (Å²) in [6, 6.07) is 13.3. The highest BCUT2D eigenvalue weighted by molar-refractivity contribution is 5.92. The van der Waals surface area contributed by atoms with Gasteiger partial charge in [0.15, 0.2) is 0 Å². The first-order valence-electron chi connectivity index (χ1n) is 8.05. The third kappa shape index (κ3) is 6.22. The smallest absolute Gasteiger partial charge is 0.244 e. The molecule has 2 aromatic carbocycles. The van der Waals surface area contributed by atoms with E-state index in [0.29, 0.717) is 12.1 Å². The van der Waals surface area contributed by atoms with Gasteiger partial charge in [-0.1, -0.05) is 38.1 Å². The van der Waals surface area contributed by atoms with E-state index in [-0.39, 0.29) is 23.5 Å². The van der Waals surface area contributed by atoms with Gasteiger partial charge in [-0.05, 0) is 41.5 Å². The van der Waals surface area contributed by atoms with Crippen LogP contribution in [0.4, 0.5) is 10.1 Å². The Kier molecular flexibility index (Phi) is 6.46. The SMILES string of the molecule is CC(C)C(=O)Nc1ccc(CNC(=O)/C=C/c2cccc(F)c2)cc1. The van der Waals surface area contributed by atoms with Gasteiger partial charge in [-0.2, -0.15) is 0 Å². The Bertz CT molecular complexity index is 768. The molecule has 0 atom stereocenters. The number of hydrogen-bond acceptors (Lipinski definition) is 2. The van der Waals surface area contributed by atoms with E-state index >= 15 is 0 Å². The average Bonchev–Trinajstić information content (AvgIpc) is 2.59. The van der Waals surface area contributed by atoms with Crippen LogP contribution in [-0.2, 0) is 16.1 Å². The molecule has 25 heavy (non-hydrogen) atoms. The average molecular weight is 340 g/mol. The minimum absolute atomic E-state index is 0.0384. The molecule has 0 unspecified atom stereocenters. The number of carbonyl (C=O) groups excluding carboxylic acids is 2. The molecule has 130 valence electrons. The Morgan fingerprint density at radius 2 is 1.84 bits per heavy atom. The molecular formula is C20H21FN2O2. The van der Waals surface area contributed by atoms with Gasteiger partial charge in [0.2, 0.25) is 11.8 Å². The van der Waals surface area contributed by atoms with Gasteiger partial charge in [0.25, 0.3) is 0 Å². The molecular weight excluding hydrogens is 319 g/mol. The zero-order valence-corrected chi connectivity index (χ0v) is 14.3. The summed E-state index contributed by atoms with van der Waals surface area (Å²) >= 11 is 0. The highest BCUT2D eigenvalue weighted by atomic mass is 19.1. The molecule has 2 N–H and O–H groups in total. The highest BCUT2D eigenvalue weighted by Crippen LogP contribution is 2.11. The van der Waals surface area contributed by atoms with E-state index in [1.165, 1.54) is 18.2 Å². The van der Waals surface area contributed by atoms with Gasteiger partial charge in [-0.25, -0.2) is 4.39 Å². The van der Waals surface area contributed by atoms with Crippen LogP contribution >= 0.6 is 0 Å². The molecule has 4 nitrogen and oxygen atoms in total. The molecule has 0 saturated heterocycles. The van der Waals surface area contributed by atoms with Crippen LogP contribution in [-0.4, -0.2) is 11.8 Å². The van der Waals surface area contributed by atoms with Gasteiger partial charge in [-0.15, -0.1) is 0 Å². The summed E-state index contributed by atoms with van der Waals surface area (Å²) in [5, 5.41) is 5.56. The topological polar surface area (TPSA) is 58.2 Å². The number of benzene rings is 2. The summed E-state index contributed by atoms with van der Waals surface area (Å²) in [4.78, 5) is 23.4. The monoisotopic (exact) mass is 340 g/mol. The second-order valence-electron chi connectivity index (χ2n) is 5.95. The highest BCUT2D eigenvalue weighted by Gasteiger charge is 2.06. The second-order valence-corrected chi connectivity index (χ2v) is 5.95. The Balaban J connectivity index is 1.84. The van der Waals surface area contributed by atoms with Crippen molar-refractivity contribution in [3.63, 3.8) is 0 Å². The summed E-state index contributed by atoms with van der Waals surface area (Å²) in [7, 11) is 0. The summed E-state index contributed by atoms with van der Waals surface area (Å²) in [6.45, 7) is 4.03. The molecule has 0 aliphatic carbocycles. The van der Waals surface area contributed by atoms with Crippen molar-refractivity contribution in [1.29, 1.82) is 0 Å². The number of halogens is 1. The van der Waals surface area contributed by atoms with Crippen molar-refractivity contribution in [3.05, 3.63) is 71.6 Å². The minimum atomic E-state index is -0.341. The fraction of sp³-hybridized carbons (Fsp3) is 0.200.